The van der Waals surface area contributed by atoms with Crippen molar-refractivity contribution in [1.29, 1.82) is 0 Å². The number of benzene rings is 1. The molecule has 0 aliphatic rings. The minimum Gasteiger partial charge on any atom is -0.481 e. The lowest BCUT2D eigenvalue weighted by atomic mass is 10.0. The predicted molar refractivity (Wildman–Crippen MR) is 85.3 cm³/mol. The second-order valence-corrected chi connectivity index (χ2v) is 5.36. The molecule has 0 saturated heterocycles. The van der Waals surface area contributed by atoms with Crippen molar-refractivity contribution in [3.05, 3.63) is 58.6 Å². The van der Waals surface area contributed by atoms with Crippen molar-refractivity contribution < 1.29 is 14.7 Å². The van der Waals surface area contributed by atoms with Gasteiger partial charge in [-0.2, -0.15) is 0 Å². The first-order valence-electron chi connectivity index (χ1n) is 7.08. The lowest BCUT2D eigenvalue weighted by molar-refractivity contribution is -0.137. The van der Waals surface area contributed by atoms with Gasteiger partial charge in [0.25, 0.3) is 5.91 Å². The summed E-state index contributed by atoms with van der Waals surface area (Å²) in [5.74, 6) is -0.815. The topological polar surface area (TPSA) is 92.2 Å². The molecule has 1 unspecified atom stereocenters. The highest BCUT2D eigenvalue weighted by Gasteiger charge is 2.19. The van der Waals surface area contributed by atoms with E-state index in [4.69, 9.17) is 16.7 Å². The predicted octanol–water partition coefficient (Wildman–Crippen LogP) is 2.64. The number of aryl methyl sites for hydroxylation is 1. The molecular formula is C16H16ClN3O3. The van der Waals surface area contributed by atoms with E-state index in [1.165, 1.54) is 12.4 Å². The van der Waals surface area contributed by atoms with Gasteiger partial charge in [-0.1, -0.05) is 30.7 Å². The van der Waals surface area contributed by atoms with Crippen molar-refractivity contribution in [3.63, 3.8) is 0 Å². The number of hydrogen-bond donors (Lipinski definition) is 2. The summed E-state index contributed by atoms with van der Waals surface area (Å²) >= 11 is 5.93. The van der Waals surface area contributed by atoms with Crippen molar-refractivity contribution in [2.24, 2.45) is 0 Å². The Morgan fingerprint density at radius 1 is 1.30 bits per heavy atom. The molecule has 0 bridgehead atoms. The summed E-state index contributed by atoms with van der Waals surface area (Å²) in [6, 6.07) is 6.05. The first-order valence-corrected chi connectivity index (χ1v) is 7.46. The normalized spacial score (nSPS) is 11.7. The molecule has 0 spiro atoms. The number of carboxylic acid groups (broad SMARTS) is 1. The molecule has 2 N–H and O–H groups in total. The van der Waals surface area contributed by atoms with Crippen LogP contribution in [0.5, 0.6) is 0 Å². The van der Waals surface area contributed by atoms with Crippen molar-refractivity contribution in [2.75, 3.05) is 0 Å². The quantitative estimate of drug-likeness (QED) is 0.847. The van der Waals surface area contributed by atoms with Crippen LogP contribution >= 0.6 is 11.6 Å². The molecule has 1 amide bonds. The van der Waals surface area contributed by atoms with Gasteiger partial charge in [0.05, 0.1) is 18.0 Å². The Kier molecular flexibility index (Phi) is 5.65. The monoisotopic (exact) mass is 333 g/mol. The SMILES string of the molecule is CCc1ncc(C(=O)NC(CC(=O)O)c2cccc(Cl)c2)cn1. The smallest absolute Gasteiger partial charge is 0.305 e. The molecule has 0 aliphatic heterocycles. The zero-order chi connectivity index (χ0) is 16.8. The van der Waals surface area contributed by atoms with E-state index >= 15 is 0 Å². The van der Waals surface area contributed by atoms with Crippen molar-refractivity contribution >= 4 is 23.5 Å². The maximum Gasteiger partial charge on any atom is 0.305 e. The average molecular weight is 334 g/mol. The number of nitrogens with zero attached hydrogens (tertiary/aromatic N) is 2. The third-order valence-corrected chi connectivity index (χ3v) is 3.45. The van der Waals surface area contributed by atoms with E-state index in [-0.39, 0.29) is 12.0 Å². The summed E-state index contributed by atoms with van der Waals surface area (Å²) in [4.78, 5) is 31.5. The van der Waals surface area contributed by atoms with E-state index in [9.17, 15) is 9.59 Å². The maximum atomic E-state index is 12.3. The number of rotatable bonds is 6. The average Bonchev–Trinajstić information content (AvgIpc) is 2.54. The van der Waals surface area contributed by atoms with Gasteiger partial charge in [-0.25, -0.2) is 9.97 Å². The van der Waals surface area contributed by atoms with Gasteiger partial charge < -0.3 is 10.4 Å². The second-order valence-electron chi connectivity index (χ2n) is 4.92. The van der Waals surface area contributed by atoms with Crippen LogP contribution in [0.25, 0.3) is 0 Å². The minimum absolute atomic E-state index is 0.250. The molecule has 0 fully saturated rings. The fourth-order valence-electron chi connectivity index (χ4n) is 2.05. The Morgan fingerprint density at radius 2 is 2.00 bits per heavy atom. The van der Waals surface area contributed by atoms with E-state index in [0.717, 1.165) is 0 Å². The molecule has 2 aromatic rings. The van der Waals surface area contributed by atoms with E-state index in [1.54, 1.807) is 24.3 Å². The number of carbonyl (C=O) groups is 2. The van der Waals surface area contributed by atoms with Gasteiger partial charge in [0.1, 0.15) is 5.82 Å². The summed E-state index contributed by atoms with van der Waals surface area (Å²) in [5.41, 5.74) is 0.902. The van der Waals surface area contributed by atoms with Crippen LogP contribution in [0.2, 0.25) is 5.02 Å². The maximum absolute atomic E-state index is 12.3. The zero-order valence-corrected chi connectivity index (χ0v) is 13.2. The first-order chi connectivity index (χ1) is 11.0. The van der Waals surface area contributed by atoms with Gasteiger partial charge in [-0.15, -0.1) is 0 Å². The van der Waals surface area contributed by atoms with Gasteiger partial charge in [-0.05, 0) is 17.7 Å². The Morgan fingerprint density at radius 3 is 2.57 bits per heavy atom. The van der Waals surface area contributed by atoms with E-state index < -0.39 is 17.9 Å². The zero-order valence-electron chi connectivity index (χ0n) is 12.5. The number of carboxylic acids is 1. The fourth-order valence-corrected chi connectivity index (χ4v) is 2.25. The number of hydrogen-bond acceptors (Lipinski definition) is 4. The van der Waals surface area contributed by atoms with Crippen LogP contribution in [0.15, 0.2) is 36.7 Å². The molecule has 1 aromatic carbocycles. The van der Waals surface area contributed by atoms with Crippen LogP contribution in [0.4, 0.5) is 0 Å². The molecule has 0 radical (unpaired) electrons. The van der Waals surface area contributed by atoms with Gasteiger partial charge in [0, 0.05) is 23.8 Å². The van der Waals surface area contributed by atoms with Crippen LogP contribution in [-0.4, -0.2) is 27.0 Å². The number of carbonyl (C=O) groups excluding carboxylic acids is 1. The number of amides is 1. The molecule has 2 rings (SSSR count). The Balaban J connectivity index is 2.19. The van der Waals surface area contributed by atoms with E-state index in [2.05, 4.69) is 15.3 Å². The van der Waals surface area contributed by atoms with Crippen LogP contribution in [0, 0.1) is 0 Å². The molecule has 1 aromatic heterocycles. The molecule has 0 saturated carbocycles. The van der Waals surface area contributed by atoms with Crippen LogP contribution in [-0.2, 0) is 11.2 Å². The Labute approximate surface area is 138 Å². The van der Waals surface area contributed by atoms with E-state index in [1.807, 2.05) is 6.92 Å². The third kappa shape index (κ3) is 4.75. The third-order valence-electron chi connectivity index (χ3n) is 3.22. The highest BCUT2D eigenvalue weighted by molar-refractivity contribution is 6.30. The summed E-state index contributed by atoms with van der Waals surface area (Å²) in [7, 11) is 0. The lowest BCUT2D eigenvalue weighted by Gasteiger charge is -2.17. The standard InChI is InChI=1S/C16H16ClN3O3/c1-2-14-18-8-11(9-19-14)16(23)20-13(7-15(21)22)10-4-3-5-12(17)6-10/h3-6,8-9,13H,2,7H2,1H3,(H,20,23)(H,21,22). The first kappa shape index (κ1) is 16.9. The summed E-state index contributed by atoms with van der Waals surface area (Å²) < 4.78 is 0. The Hall–Kier alpha value is -2.47. The summed E-state index contributed by atoms with van der Waals surface area (Å²) in [6.45, 7) is 1.91. The summed E-state index contributed by atoms with van der Waals surface area (Å²) in [6.07, 6.45) is 3.28. The van der Waals surface area contributed by atoms with Gasteiger partial charge in [0.2, 0.25) is 0 Å². The molecule has 120 valence electrons. The van der Waals surface area contributed by atoms with Gasteiger partial charge in [0.15, 0.2) is 0 Å². The second kappa shape index (κ2) is 7.69. The summed E-state index contributed by atoms with van der Waals surface area (Å²) in [5, 5.41) is 12.2. The lowest BCUT2D eigenvalue weighted by Crippen LogP contribution is -2.30. The largest absolute Gasteiger partial charge is 0.481 e. The van der Waals surface area contributed by atoms with Crippen LogP contribution in [0.3, 0.4) is 0 Å². The molecule has 1 heterocycles. The van der Waals surface area contributed by atoms with Crippen LogP contribution in [0.1, 0.15) is 41.1 Å². The molecule has 6 nitrogen and oxygen atoms in total. The fraction of sp³-hybridized carbons (Fsp3) is 0.250. The number of nitrogens with one attached hydrogen (secondary N) is 1. The highest BCUT2D eigenvalue weighted by atomic mass is 35.5. The molecule has 0 aliphatic carbocycles. The number of halogens is 1. The number of aromatic nitrogens is 2. The molecule has 7 heteroatoms. The van der Waals surface area contributed by atoms with Gasteiger partial charge >= 0.3 is 5.97 Å². The van der Waals surface area contributed by atoms with Gasteiger partial charge in [-0.3, -0.25) is 9.59 Å². The molecular weight excluding hydrogens is 318 g/mol. The van der Waals surface area contributed by atoms with Crippen molar-refractivity contribution in [1.82, 2.24) is 15.3 Å². The Bertz CT molecular complexity index is 704. The molecule has 1 atom stereocenters. The van der Waals surface area contributed by atoms with Crippen LogP contribution < -0.4 is 5.32 Å². The number of aliphatic carboxylic acids is 1. The van der Waals surface area contributed by atoms with E-state index in [0.29, 0.717) is 22.8 Å². The highest BCUT2D eigenvalue weighted by Crippen LogP contribution is 2.21. The van der Waals surface area contributed by atoms with Crippen molar-refractivity contribution in [2.45, 2.75) is 25.8 Å². The molecule has 23 heavy (non-hydrogen) atoms. The van der Waals surface area contributed by atoms with Crippen molar-refractivity contribution in [3.8, 4) is 0 Å². The minimum atomic E-state index is -1.02.